The molecule has 1 aromatic rings. The highest BCUT2D eigenvalue weighted by Crippen LogP contribution is 2.08. The molecule has 2 atom stereocenters. The number of guanidine groups is 1. The van der Waals surface area contributed by atoms with Crippen molar-refractivity contribution in [1.29, 1.82) is 0 Å². The Balaban J connectivity index is 2.22. The molecule has 0 aliphatic carbocycles. The van der Waals surface area contributed by atoms with Crippen molar-refractivity contribution in [3.05, 3.63) is 35.9 Å². The van der Waals surface area contributed by atoms with E-state index in [-0.39, 0.29) is 0 Å². The zero-order valence-corrected chi connectivity index (χ0v) is 16.4. The number of nitrogens with one attached hydrogen (secondary N) is 2. The number of hydrogen-bond donors (Lipinski definition) is 2. The van der Waals surface area contributed by atoms with E-state index in [1.165, 1.54) is 12.8 Å². The molecule has 0 saturated carbocycles. The Labute approximate surface area is 150 Å². The number of rotatable bonds is 10. The van der Waals surface area contributed by atoms with Crippen LogP contribution in [0.3, 0.4) is 0 Å². The van der Waals surface area contributed by atoms with Crippen molar-refractivity contribution in [3.63, 3.8) is 0 Å². The summed E-state index contributed by atoms with van der Waals surface area (Å²) in [5, 5.41) is 6.67. The van der Waals surface area contributed by atoms with Gasteiger partial charge in [-0.25, -0.2) is 0 Å². The van der Waals surface area contributed by atoms with Crippen molar-refractivity contribution in [3.8, 4) is 0 Å². The third-order valence-corrected chi connectivity index (χ3v) is 5.13. The van der Waals surface area contributed by atoms with Crippen LogP contribution in [0.5, 0.6) is 0 Å². The summed E-state index contributed by atoms with van der Waals surface area (Å²) >= 11 is 0. The van der Waals surface area contributed by atoms with Crippen LogP contribution < -0.4 is 10.6 Å². The molecule has 2 unspecified atom stereocenters. The first-order valence-corrected chi connectivity index (χ1v) is 10.4. The number of benzene rings is 1. The standard InChI is InChI=1S/C19H33N3OS/c1-16(2)9-8-10-17(3)22-19(20-4)21-13-14-24(23)15-18-11-6-5-7-12-18/h5-7,11-12,16-17H,8-10,13-15H2,1-4H3,(H2,20,21,22). The molecule has 1 aromatic carbocycles. The highest BCUT2D eigenvalue weighted by molar-refractivity contribution is 7.84. The molecule has 0 aromatic heterocycles. The van der Waals surface area contributed by atoms with Gasteiger partial charge in [-0.2, -0.15) is 0 Å². The smallest absolute Gasteiger partial charge is 0.191 e. The monoisotopic (exact) mass is 351 g/mol. The van der Waals surface area contributed by atoms with Gasteiger partial charge in [0, 0.05) is 41.9 Å². The predicted molar refractivity (Wildman–Crippen MR) is 106 cm³/mol. The van der Waals surface area contributed by atoms with Gasteiger partial charge < -0.3 is 10.6 Å². The SMILES string of the molecule is CN=C(NCCS(=O)Cc1ccccc1)NC(C)CCCC(C)C. The van der Waals surface area contributed by atoms with E-state index in [2.05, 4.69) is 36.4 Å². The number of nitrogens with zero attached hydrogens (tertiary/aromatic N) is 1. The fourth-order valence-electron chi connectivity index (χ4n) is 2.45. The van der Waals surface area contributed by atoms with Crippen molar-refractivity contribution < 1.29 is 4.21 Å². The molecule has 0 aliphatic rings. The van der Waals surface area contributed by atoms with Gasteiger partial charge in [-0.1, -0.05) is 57.0 Å². The lowest BCUT2D eigenvalue weighted by Gasteiger charge is -2.18. The fourth-order valence-corrected chi connectivity index (χ4v) is 3.49. The van der Waals surface area contributed by atoms with Crippen LogP contribution >= 0.6 is 0 Å². The maximum Gasteiger partial charge on any atom is 0.191 e. The van der Waals surface area contributed by atoms with Gasteiger partial charge in [-0.05, 0) is 24.8 Å². The largest absolute Gasteiger partial charge is 0.355 e. The summed E-state index contributed by atoms with van der Waals surface area (Å²) in [6.07, 6.45) is 3.62. The van der Waals surface area contributed by atoms with E-state index in [4.69, 9.17) is 0 Å². The van der Waals surface area contributed by atoms with Gasteiger partial charge >= 0.3 is 0 Å². The second-order valence-corrected chi connectivity index (χ2v) is 8.22. The first-order valence-electron chi connectivity index (χ1n) is 8.87. The lowest BCUT2D eigenvalue weighted by Crippen LogP contribution is -2.43. The predicted octanol–water partition coefficient (Wildman–Crippen LogP) is 3.32. The molecule has 0 spiro atoms. The molecule has 0 heterocycles. The third kappa shape index (κ3) is 9.71. The van der Waals surface area contributed by atoms with Crippen LogP contribution in [0.1, 0.15) is 45.6 Å². The normalized spacial score (nSPS) is 14.5. The Bertz CT molecular complexity index is 503. The van der Waals surface area contributed by atoms with Crippen molar-refractivity contribution in [2.75, 3.05) is 19.3 Å². The zero-order chi connectivity index (χ0) is 17.8. The summed E-state index contributed by atoms with van der Waals surface area (Å²) in [6.45, 7) is 7.36. The maximum absolute atomic E-state index is 12.1. The molecule has 0 aliphatic heterocycles. The average Bonchev–Trinajstić information content (AvgIpc) is 2.54. The van der Waals surface area contributed by atoms with E-state index in [9.17, 15) is 4.21 Å². The van der Waals surface area contributed by atoms with Gasteiger partial charge in [0.15, 0.2) is 5.96 Å². The summed E-state index contributed by atoms with van der Waals surface area (Å²) in [4.78, 5) is 4.25. The molecule has 0 saturated heterocycles. The lowest BCUT2D eigenvalue weighted by atomic mass is 10.0. The second kappa shape index (κ2) is 12.1. The van der Waals surface area contributed by atoms with Crippen molar-refractivity contribution in [2.45, 2.75) is 51.8 Å². The van der Waals surface area contributed by atoms with E-state index < -0.39 is 10.8 Å². The Morgan fingerprint density at radius 1 is 1.17 bits per heavy atom. The highest BCUT2D eigenvalue weighted by atomic mass is 32.2. The van der Waals surface area contributed by atoms with E-state index in [1.54, 1.807) is 7.05 Å². The Morgan fingerprint density at radius 3 is 2.50 bits per heavy atom. The Kier molecular flexibility index (Phi) is 10.4. The van der Waals surface area contributed by atoms with Gasteiger partial charge in [0.25, 0.3) is 0 Å². The molecule has 0 radical (unpaired) electrons. The zero-order valence-electron chi connectivity index (χ0n) is 15.5. The van der Waals surface area contributed by atoms with Crippen LogP contribution in [0.25, 0.3) is 0 Å². The number of hydrogen-bond acceptors (Lipinski definition) is 2. The molecular formula is C19H33N3OS. The van der Waals surface area contributed by atoms with E-state index in [1.807, 2.05) is 30.3 Å². The van der Waals surface area contributed by atoms with Gasteiger partial charge in [0.05, 0.1) is 0 Å². The topological polar surface area (TPSA) is 53.5 Å². The van der Waals surface area contributed by atoms with Crippen LogP contribution in [-0.4, -0.2) is 35.6 Å². The lowest BCUT2D eigenvalue weighted by molar-refractivity contribution is 0.492. The minimum atomic E-state index is -0.857. The van der Waals surface area contributed by atoms with Crippen LogP contribution in [-0.2, 0) is 16.6 Å². The third-order valence-electron chi connectivity index (χ3n) is 3.82. The summed E-state index contributed by atoms with van der Waals surface area (Å²) in [5.74, 6) is 2.79. The quantitative estimate of drug-likeness (QED) is 0.502. The Hall–Kier alpha value is -1.36. The average molecular weight is 352 g/mol. The first-order chi connectivity index (χ1) is 11.5. The molecule has 1 rings (SSSR count). The molecule has 0 fully saturated rings. The summed E-state index contributed by atoms with van der Waals surface area (Å²) in [7, 11) is 0.917. The van der Waals surface area contributed by atoms with Gasteiger partial charge in [0.1, 0.15) is 0 Å². The van der Waals surface area contributed by atoms with Crippen LogP contribution in [0.15, 0.2) is 35.3 Å². The first kappa shape index (κ1) is 20.7. The maximum atomic E-state index is 12.1. The summed E-state index contributed by atoms with van der Waals surface area (Å²) in [5.41, 5.74) is 1.12. The van der Waals surface area contributed by atoms with E-state index in [0.29, 0.717) is 24.1 Å². The van der Waals surface area contributed by atoms with Crippen molar-refractivity contribution in [2.24, 2.45) is 10.9 Å². The summed E-state index contributed by atoms with van der Waals surface area (Å²) in [6, 6.07) is 10.4. The Morgan fingerprint density at radius 2 is 1.88 bits per heavy atom. The fraction of sp³-hybridized carbons (Fsp3) is 0.632. The van der Waals surface area contributed by atoms with Crippen LogP contribution in [0.4, 0.5) is 0 Å². The molecule has 24 heavy (non-hydrogen) atoms. The highest BCUT2D eigenvalue weighted by Gasteiger charge is 2.07. The van der Waals surface area contributed by atoms with Gasteiger partial charge in [0.2, 0.25) is 0 Å². The second-order valence-electron chi connectivity index (χ2n) is 6.64. The molecule has 0 amide bonds. The molecule has 0 bridgehead atoms. The summed E-state index contributed by atoms with van der Waals surface area (Å²) < 4.78 is 12.1. The molecule has 5 heteroatoms. The van der Waals surface area contributed by atoms with Crippen LogP contribution in [0, 0.1) is 5.92 Å². The minimum absolute atomic E-state index is 0.393. The van der Waals surface area contributed by atoms with E-state index in [0.717, 1.165) is 23.9 Å². The van der Waals surface area contributed by atoms with Gasteiger partial charge in [-0.15, -0.1) is 0 Å². The molecule has 4 nitrogen and oxygen atoms in total. The number of aliphatic imine (C=N–C) groups is 1. The molecular weight excluding hydrogens is 318 g/mol. The van der Waals surface area contributed by atoms with E-state index >= 15 is 0 Å². The minimum Gasteiger partial charge on any atom is -0.355 e. The van der Waals surface area contributed by atoms with Crippen molar-refractivity contribution in [1.82, 2.24) is 10.6 Å². The van der Waals surface area contributed by atoms with Crippen molar-refractivity contribution >= 4 is 16.8 Å². The molecule has 2 N–H and O–H groups in total. The van der Waals surface area contributed by atoms with Gasteiger partial charge in [-0.3, -0.25) is 9.20 Å². The van der Waals surface area contributed by atoms with Crippen LogP contribution in [0.2, 0.25) is 0 Å². The molecule has 136 valence electrons.